The van der Waals surface area contributed by atoms with E-state index in [2.05, 4.69) is 36.6 Å². The molecule has 8 nitrogen and oxygen atoms in total. The van der Waals surface area contributed by atoms with E-state index in [4.69, 9.17) is 5.73 Å². The van der Waals surface area contributed by atoms with E-state index in [1.807, 2.05) is 24.3 Å². The summed E-state index contributed by atoms with van der Waals surface area (Å²) in [5.74, 6) is -0.0811. The number of nitrogens with one attached hydrogen (secondary N) is 2. The number of carbonyl (C=O) groups excluding carboxylic acids is 2. The number of anilines is 1. The molecule has 0 saturated carbocycles. The normalized spacial score (nSPS) is 10.4. The summed E-state index contributed by atoms with van der Waals surface area (Å²) in [7, 11) is 0. The van der Waals surface area contributed by atoms with Crippen molar-refractivity contribution in [3.8, 4) is 0 Å². The van der Waals surface area contributed by atoms with Gasteiger partial charge >= 0.3 is 6.03 Å². The van der Waals surface area contributed by atoms with Crippen LogP contribution < -0.4 is 16.4 Å². The first-order chi connectivity index (χ1) is 13.0. The molecule has 3 rings (SSSR count). The van der Waals surface area contributed by atoms with Gasteiger partial charge in [-0.2, -0.15) is 0 Å². The average molecular weight is 429 g/mol. The van der Waals surface area contributed by atoms with Gasteiger partial charge in [0.25, 0.3) is 5.91 Å². The highest BCUT2D eigenvalue weighted by atomic mass is 79.9. The molecule has 0 fully saturated rings. The number of urea groups is 1. The summed E-state index contributed by atoms with van der Waals surface area (Å²) < 4.78 is 2.66. The maximum Gasteiger partial charge on any atom is 0.312 e. The van der Waals surface area contributed by atoms with Crippen LogP contribution in [-0.2, 0) is 13.1 Å². The fraction of sp³-hybridized carbons (Fsp3) is 0.111. The molecule has 0 aliphatic rings. The zero-order valence-corrected chi connectivity index (χ0v) is 15.8. The number of amides is 3. The second-order valence-corrected chi connectivity index (χ2v) is 6.68. The molecule has 0 aliphatic carbocycles. The number of hydrogen-bond donors (Lipinski definition) is 3. The number of benzene rings is 2. The fourth-order valence-corrected chi connectivity index (χ4v) is 2.61. The maximum absolute atomic E-state index is 12.3. The van der Waals surface area contributed by atoms with Crippen molar-refractivity contribution in [1.82, 2.24) is 20.1 Å². The Balaban J connectivity index is 1.58. The van der Waals surface area contributed by atoms with E-state index in [1.54, 1.807) is 35.3 Å². The Morgan fingerprint density at radius 1 is 1.04 bits per heavy atom. The lowest BCUT2D eigenvalue weighted by atomic mass is 10.1. The molecule has 0 aliphatic heterocycles. The molecule has 0 spiro atoms. The predicted molar refractivity (Wildman–Crippen MR) is 104 cm³/mol. The lowest BCUT2D eigenvalue weighted by Gasteiger charge is -2.05. The van der Waals surface area contributed by atoms with Crippen molar-refractivity contribution in [3.63, 3.8) is 0 Å². The van der Waals surface area contributed by atoms with Gasteiger partial charge in [-0.3, -0.25) is 10.1 Å². The van der Waals surface area contributed by atoms with Crippen LogP contribution in [0.15, 0.2) is 59.3 Å². The minimum absolute atomic E-state index is 0.233. The van der Waals surface area contributed by atoms with Crippen molar-refractivity contribution in [2.75, 3.05) is 5.32 Å². The van der Waals surface area contributed by atoms with Gasteiger partial charge in [-0.25, -0.2) is 14.5 Å². The molecule has 0 radical (unpaired) electrons. The van der Waals surface area contributed by atoms with Crippen LogP contribution >= 0.6 is 15.9 Å². The first kappa shape index (κ1) is 18.6. The third-order valence-corrected chi connectivity index (χ3v) is 4.23. The van der Waals surface area contributed by atoms with Crippen LogP contribution in [0.2, 0.25) is 0 Å². The SMILES string of the molecule is NC(=O)NCc1ccc(C(=O)Nc2ncn(Cc3ccc(Br)cc3)n2)cc1. The van der Waals surface area contributed by atoms with Crippen molar-refractivity contribution in [2.24, 2.45) is 5.73 Å². The highest BCUT2D eigenvalue weighted by Gasteiger charge is 2.09. The number of primary amides is 1. The molecule has 0 saturated heterocycles. The topological polar surface area (TPSA) is 115 Å². The molecule has 4 N–H and O–H groups in total. The molecule has 0 bridgehead atoms. The molecule has 0 unspecified atom stereocenters. The van der Waals surface area contributed by atoms with E-state index >= 15 is 0 Å². The summed E-state index contributed by atoms with van der Waals surface area (Å²) in [5.41, 5.74) is 7.40. The molecule has 2 aromatic carbocycles. The Morgan fingerprint density at radius 2 is 1.70 bits per heavy atom. The van der Waals surface area contributed by atoms with Gasteiger partial charge in [0, 0.05) is 16.6 Å². The lowest BCUT2D eigenvalue weighted by Crippen LogP contribution is -2.28. The Morgan fingerprint density at radius 3 is 2.37 bits per heavy atom. The van der Waals surface area contributed by atoms with E-state index in [0.717, 1.165) is 15.6 Å². The highest BCUT2D eigenvalue weighted by molar-refractivity contribution is 9.10. The van der Waals surface area contributed by atoms with Crippen molar-refractivity contribution in [1.29, 1.82) is 0 Å². The third kappa shape index (κ3) is 5.38. The van der Waals surface area contributed by atoms with Crippen LogP contribution in [0.5, 0.6) is 0 Å². The quantitative estimate of drug-likeness (QED) is 0.559. The summed E-state index contributed by atoms with van der Waals surface area (Å²) >= 11 is 3.40. The molecule has 3 aromatic rings. The first-order valence-corrected chi connectivity index (χ1v) is 8.86. The summed E-state index contributed by atoms with van der Waals surface area (Å²) in [6.07, 6.45) is 1.57. The number of nitrogens with zero attached hydrogens (tertiary/aromatic N) is 3. The van der Waals surface area contributed by atoms with E-state index in [-0.39, 0.29) is 11.9 Å². The van der Waals surface area contributed by atoms with Gasteiger partial charge < -0.3 is 11.1 Å². The minimum Gasteiger partial charge on any atom is -0.352 e. The lowest BCUT2D eigenvalue weighted by molar-refractivity contribution is 0.102. The summed E-state index contributed by atoms with van der Waals surface area (Å²) in [4.78, 5) is 27.1. The van der Waals surface area contributed by atoms with E-state index in [9.17, 15) is 9.59 Å². The van der Waals surface area contributed by atoms with Gasteiger partial charge in [-0.15, -0.1) is 5.10 Å². The molecule has 138 valence electrons. The monoisotopic (exact) mass is 428 g/mol. The van der Waals surface area contributed by atoms with Gasteiger partial charge in [-0.1, -0.05) is 40.2 Å². The maximum atomic E-state index is 12.3. The fourth-order valence-electron chi connectivity index (χ4n) is 2.34. The van der Waals surface area contributed by atoms with Gasteiger partial charge in [-0.05, 0) is 35.4 Å². The van der Waals surface area contributed by atoms with E-state index in [1.165, 1.54) is 0 Å². The number of hydrogen-bond acceptors (Lipinski definition) is 4. The second-order valence-electron chi connectivity index (χ2n) is 5.76. The Labute approximate surface area is 163 Å². The summed E-state index contributed by atoms with van der Waals surface area (Å²) in [6.45, 7) is 0.858. The average Bonchev–Trinajstić information content (AvgIpc) is 3.09. The standard InChI is InChI=1S/C18H17BrN6O2/c19-15-7-3-13(4-8-15)10-25-11-22-18(24-25)23-16(26)14-5-1-12(2-6-14)9-21-17(20)27/h1-8,11H,9-10H2,(H3,20,21,27)(H,23,24,26). The molecule has 1 heterocycles. The number of nitrogens with two attached hydrogens (primary N) is 1. The highest BCUT2D eigenvalue weighted by Crippen LogP contribution is 2.12. The van der Waals surface area contributed by atoms with Gasteiger partial charge in [0.1, 0.15) is 6.33 Å². The van der Waals surface area contributed by atoms with Crippen LogP contribution in [0, 0.1) is 0 Å². The zero-order valence-electron chi connectivity index (χ0n) is 14.2. The van der Waals surface area contributed by atoms with Crippen molar-refractivity contribution in [3.05, 3.63) is 76.0 Å². The minimum atomic E-state index is -0.596. The summed E-state index contributed by atoms with van der Waals surface area (Å²) in [5, 5.41) is 9.41. The van der Waals surface area contributed by atoms with Crippen LogP contribution in [0.25, 0.3) is 0 Å². The van der Waals surface area contributed by atoms with Crippen LogP contribution in [0.3, 0.4) is 0 Å². The molecule has 27 heavy (non-hydrogen) atoms. The van der Waals surface area contributed by atoms with Crippen LogP contribution in [0.1, 0.15) is 21.5 Å². The largest absolute Gasteiger partial charge is 0.352 e. The van der Waals surface area contributed by atoms with Crippen molar-refractivity contribution in [2.45, 2.75) is 13.1 Å². The predicted octanol–water partition coefficient (Wildman–Crippen LogP) is 2.51. The number of aromatic nitrogens is 3. The van der Waals surface area contributed by atoms with E-state index < -0.39 is 6.03 Å². The first-order valence-electron chi connectivity index (χ1n) is 8.07. The van der Waals surface area contributed by atoms with Crippen molar-refractivity contribution < 1.29 is 9.59 Å². The van der Waals surface area contributed by atoms with Gasteiger partial charge in [0.2, 0.25) is 5.95 Å². The number of carbonyl (C=O) groups is 2. The zero-order chi connectivity index (χ0) is 19.2. The number of rotatable bonds is 6. The molecular weight excluding hydrogens is 412 g/mol. The smallest absolute Gasteiger partial charge is 0.312 e. The molecule has 3 amide bonds. The Kier molecular flexibility index (Phi) is 5.82. The second kappa shape index (κ2) is 8.45. The van der Waals surface area contributed by atoms with Gasteiger partial charge in [0.15, 0.2) is 0 Å². The van der Waals surface area contributed by atoms with E-state index in [0.29, 0.717) is 18.7 Å². The van der Waals surface area contributed by atoms with Crippen LogP contribution in [0.4, 0.5) is 10.7 Å². The Bertz CT molecular complexity index is 937. The molecule has 1 aromatic heterocycles. The summed E-state index contributed by atoms with van der Waals surface area (Å²) in [6, 6.07) is 14.1. The molecule has 0 atom stereocenters. The molecule has 9 heteroatoms. The Hall–Kier alpha value is -3.20. The third-order valence-electron chi connectivity index (χ3n) is 3.70. The van der Waals surface area contributed by atoms with Crippen LogP contribution in [-0.4, -0.2) is 26.7 Å². The van der Waals surface area contributed by atoms with Gasteiger partial charge in [0.05, 0.1) is 6.54 Å². The number of halogens is 1. The van der Waals surface area contributed by atoms with Crippen molar-refractivity contribution >= 4 is 33.8 Å². The molecular formula is C18H17BrN6O2.